The van der Waals surface area contributed by atoms with Crippen molar-refractivity contribution in [2.45, 2.75) is 32.7 Å². The molecule has 4 rings (SSSR count). The molecule has 3 aromatic rings. The summed E-state index contributed by atoms with van der Waals surface area (Å²) in [5.74, 6) is -0.474. The average Bonchev–Trinajstić information content (AvgIpc) is 3.25. The van der Waals surface area contributed by atoms with Crippen LogP contribution in [0.1, 0.15) is 32.8 Å². The quantitative estimate of drug-likeness (QED) is 0.347. The lowest BCUT2D eigenvalue weighted by Crippen LogP contribution is -2.49. The fraction of sp³-hybridized carbons (Fsp3) is 0.400. The number of fused-ring (bicyclic) bond motifs is 1. The second kappa shape index (κ2) is 9.83. The van der Waals surface area contributed by atoms with Crippen molar-refractivity contribution in [3.05, 3.63) is 48.3 Å². The third-order valence-corrected chi connectivity index (χ3v) is 7.03. The number of hydrogen-bond acceptors (Lipinski definition) is 7. The molecular weight excluding hydrogens is 523 g/mol. The van der Waals surface area contributed by atoms with E-state index in [-0.39, 0.29) is 22.4 Å². The summed E-state index contributed by atoms with van der Waals surface area (Å²) in [5, 5.41) is 13.4. The maximum Gasteiger partial charge on any atom is 0.534 e. The lowest BCUT2D eigenvalue weighted by molar-refractivity contribution is -0.133. The lowest BCUT2D eigenvalue weighted by Gasteiger charge is -2.37. The molecule has 1 aliphatic rings. The molecule has 1 aromatic carbocycles. The van der Waals surface area contributed by atoms with Gasteiger partial charge in [-0.3, -0.25) is 4.79 Å². The van der Waals surface area contributed by atoms with Gasteiger partial charge >= 0.3 is 15.6 Å². The van der Waals surface area contributed by atoms with Crippen LogP contribution in [0.5, 0.6) is 5.75 Å². The van der Waals surface area contributed by atoms with Crippen molar-refractivity contribution in [3.8, 4) is 22.9 Å². The number of benzene rings is 1. The van der Waals surface area contributed by atoms with E-state index < -0.39 is 21.4 Å². The normalized spacial score (nSPS) is 15.0. The van der Waals surface area contributed by atoms with E-state index in [9.17, 15) is 31.6 Å². The number of pyridine rings is 1. The number of piperazine rings is 1. The van der Waals surface area contributed by atoms with Gasteiger partial charge in [-0.2, -0.15) is 31.9 Å². The third-order valence-electron chi connectivity index (χ3n) is 6.05. The molecule has 0 saturated carbocycles. The second-order valence-corrected chi connectivity index (χ2v) is 11.7. The number of rotatable bonds is 5. The van der Waals surface area contributed by atoms with Gasteiger partial charge in [0.15, 0.2) is 5.75 Å². The number of amides is 1. The number of carbonyl (C=O) groups excluding carboxylic acids is 1. The minimum absolute atomic E-state index is 0.0876. The number of anilines is 1. The van der Waals surface area contributed by atoms with E-state index in [1.165, 1.54) is 6.20 Å². The van der Waals surface area contributed by atoms with Crippen LogP contribution in [0.4, 0.5) is 18.9 Å². The summed E-state index contributed by atoms with van der Waals surface area (Å²) in [6.45, 7) is 8.53. The molecule has 13 heteroatoms. The van der Waals surface area contributed by atoms with Crippen molar-refractivity contribution >= 4 is 27.2 Å². The first-order valence-electron chi connectivity index (χ1n) is 11.7. The molecule has 9 nitrogen and oxygen atoms in total. The zero-order chi connectivity index (χ0) is 27.9. The predicted octanol–water partition coefficient (Wildman–Crippen LogP) is 4.19. The summed E-state index contributed by atoms with van der Waals surface area (Å²) in [5.41, 5.74) is -3.56. The lowest BCUT2D eigenvalue weighted by atomic mass is 9.91. The Morgan fingerprint density at radius 1 is 1.11 bits per heavy atom. The van der Waals surface area contributed by atoms with Crippen molar-refractivity contribution in [2.24, 2.45) is 5.41 Å². The van der Waals surface area contributed by atoms with Crippen molar-refractivity contribution in [1.29, 1.82) is 5.26 Å². The molecular formula is C25H26F3N5O4S. The van der Waals surface area contributed by atoms with Crippen molar-refractivity contribution in [2.75, 3.05) is 31.1 Å². The first-order chi connectivity index (χ1) is 17.7. The summed E-state index contributed by atoms with van der Waals surface area (Å²) in [7, 11) is -5.90. The summed E-state index contributed by atoms with van der Waals surface area (Å²) < 4.78 is 67.2. The second-order valence-electron chi connectivity index (χ2n) is 10.2. The van der Waals surface area contributed by atoms with Gasteiger partial charge in [-0.25, -0.2) is 4.52 Å². The molecule has 0 radical (unpaired) electrons. The van der Waals surface area contributed by atoms with Gasteiger partial charge in [-0.15, -0.1) is 0 Å². The van der Waals surface area contributed by atoms with Gasteiger partial charge in [-0.05, 0) is 29.2 Å². The highest BCUT2D eigenvalue weighted by Crippen LogP contribution is 2.34. The number of hydrogen-bond donors (Lipinski definition) is 0. The molecule has 0 aliphatic carbocycles. The molecule has 1 amide bonds. The van der Waals surface area contributed by atoms with Crippen LogP contribution in [0, 0.1) is 16.7 Å². The topological polar surface area (TPSA) is 108 Å². The molecule has 0 unspecified atom stereocenters. The Labute approximate surface area is 218 Å². The molecule has 3 heterocycles. The van der Waals surface area contributed by atoms with E-state index in [0.717, 1.165) is 22.5 Å². The number of nitrogens with zero attached hydrogens (tertiary/aromatic N) is 5. The van der Waals surface area contributed by atoms with Gasteiger partial charge < -0.3 is 14.0 Å². The molecule has 0 spiro atoms. The smallest absolute Gasteiger partial charge is 0.374 e. The summed E-state index contributed by atoms with van der Waals surface area (Å²) in [6.07, 6.45) is 2.68. The van der Waals surface area contributed by atoms with Crippen LogP contribution in [0.2, 0.25) is 0 Å². The van der Waals surface area contributed by atoms with Crippen LogP contribution >= 0.6 is 0 Å². The fourth-order valence-corrected chi connectivity index (χ4v) is 4.69. The Morgan fingerprint density at radius 3 is 2.29 bits per heavy atom. The van der Waals surface area contributed by atoms with Gasteiger partial charge in [0.2, 0.25) is 5.91 Å². The molecule has 0 atom stereocenters. The molecule has 202 valence electrons. The first kappa shape index (κ1) is 27.3. The summed E-state index contributed by atoms with van der Waals surface area (Å²) in [6, 6.07) is 10.2. The van der Waals surface area contributed by atoms with Crippen LogP contribution in [-0.2, 0) is 14.9 Å². The van der Waals surface area contributed by atoms with Crippen molar-refractivity contribution < 1.29 is 30.6 Å². The molecule has 2 aromatic heterocycles. The molecule has 38 heavy (non-hydrogen) atoms. The summed E-state index contributed by atoms with van der Waals surface area (Å²) in [4.78, 5) is 16.5. The molecule has 1 fully saturated rings. The van der Waals surface area contributed by atoms with Crippen LogP contribution in [0.3, 0.4) is 0 Å². The number of aromatic nitrogens is 2. The van der Waals surface area contributed by atoms with E-state index in [1.807, 2.05) is 43.9 Å². The predicted molar refractivity (Wildman–Crippen MR) is 134 cm³/mol. The van der Waals surface area contributed by atoms with E-state index in [4.69, 9.17) is 0 Å². The maximum absolute atomic E-state index is 12.9. The highest BCUT2D eigenvalue weighted by Gasteiger charge is 2.48. The number of alkyl halides is 3. The van der Waals surface area contributed by atoms with Gasteiger partial charge in [0.05, 0.1) is 23.5 Å². The zero-order valence-electron chi connectivity index (χ0n) is 21.0. The Balaban J connectivity index is 1.59. The molecule has 0 bridgehead atoms. The third kappa shape index (κ3) is 5.70. The number of halogens is 3. The van der Waals surface area contributed by atoms with E-state index in [1.54, 1.807) is 12.1 Å². The minimum atomic E-state index is -5.90. The number of nitriles is 1. The Morgan fingerprint density at radius 2 is 1.74 bits per heavy atom. The van der Waals surface area contributed by atoms with Crippen LogP contribution in [-0.4, -0.2) is 60.5 Å². The average molecular weight is 550 g/mol. The molecule has 0 N–H and O–H groups in total. The number of carbonyl (C=O) groups is 1. The first-order valence-corrected chi connectivity index (χ1v) is 13.1. The SMILES string of the molecule is CC(C)(C)CC(=O)N1CCN(c2ccc(-c3cc(OS(=O)(=O)C(F)(F)F)cn4ncc(C#N)c34)cc2)CC1. The van der Waals surface area contributed by atoms with Gasteiger partial charge in [0.25, 0.3) is 0 Å². The Bertz CT molecular complexity index is 1500. The van der Waals surface area contributed by atoms with Crippen molar-refractivity contribution in [3.63, 3.8) is 0 Å². The monoisotopic (exact) mass is 549 g/mol. The van der Waals surface area contributed by atoms with E-state index >= 15 is 0 Å². The molecule has 1 saturated heterocycles. The van der Waals surface area contributed by atoms with Crippen molar-refractivity contribution in [1.82, 2.24) is 14.5 Å². The summed E-state index contributed by atoms with van der Waals surface area (Å²) >= 11 is 0. The highest BCUT2D eigenvalue weighted by atomic mass is 32.2. The van der Waals surface area contributed by atoms with Crippen LogP contribution in [0.25, 0.3) is 16.6 Å². The van der Waals surface area contributed by atoms with Gasteiger partial charge in [0, 0.05) is 43.9 Å². The Hall–Kier alpha value is -3.79. The van der Waals surface area contributed by atoms with Gasteiger partial charge in [0.1, 0.15) is 6.07 Å². The maximum atomic E-state index is 12.9. The highest BCUT2D eigenvalue weighted by molar-refractivity contribution is 7.88. The standard InChI is InChI=1S/C25H26F3N5O4S/c1-24(2,3)13-22(34)32-10-8-31(9-11-32)19-6-4-17(5-7-19)21-12-20(37-38(35,36)25(26,27)28)16-33-23(21)18(14-29)15-30-33/h4-7,12,15-16H,8-11,13H2,1-3H3. The van der Waals surface area contributed by atoms with Gasteiger partial charge in [-0.1, -0.05) is 32.9 Å². The Kier molecular flexibility index (Phi) is 7.05. The van der Waals surface area contributed by atoms with Crippen LogP contribution < -0.4 is 9.08 Å². The largest absolute Gasteiger partial charge is 0.534 e. The van der Waals surface area contributed by atoms with E-state index in [0.29, 0.717) is 43.7 Å². The van der Waals surface area contributed by atoms with Crippen LogP contribution in [0.15, 0.2) is 42.7 Å². The fourth-order valence-electron chi connectivity index (χ4n) is 4.25. The van der Waals surface area contributed by atoms with E-state index in [2.05, 4.69) is 14.2 Å². The minimum Gasteiger partial charge on any atom is -0.374 e. The molecule has 1 aliphatic heterocycles. The zero-order valence-corrected chi connectivity index (χ0v) is 21.8.